The molecule has 0 saturated carbocycles. The van der Waals surface area contributed by atoms with Crippen LogP contribution in [0.1, 0.15) is 37.9 Å². The lowest BCUT2D eigenvalue weighted by molar-refractivity contribution is -0.136. The van der Waals surface area contributed by atoms with E-state index in [1.165, 1.54) is 13.2 Å². The fraction of sp³-hybridized carbons (Fsp3) is 0.520. The van der Waals surface area contributed by atoms with Crippen molar-refractivity contribution in [3.05, 3.63) is 41.7 Å². The zero-order chi connectivity index (χ0) is 24.5. The Bertz CT molecular complexity index is 1220. The van der Waals surface area contributed by atoms with Crippen LogP contribution < -0.4 is 4.74 Å². The highest BCUT2D eigenvalue weighted by Gasteiger charge is 2.28. The maximum atomic E-state index is 14.4. The molecule has 1 atom stereocenters. The Hall–Kier alpha value is -3.27. The molecule has 2 aliphatic heterocycles. The molecule has 0 aliphatic carbocycles. The van der Waals surface area contributed by atoms with E-state index in [0.29, 0.717) is 37.7 Å². The van der Waals surface area contributed by atoms with E-state index in [9.17, 15) is 9.18 Å². The van der Waals surface area contributed by atoms with E-state index in [4.69, 9.17) is 14.6 Å². The van der Waals surface area contributed by atoms with Crippen LogP contribution in [0.5, 0.6) is 5.88 Å². The van der Waals surface area contributed by atoms with Crippen LogP contribution in [0.3, 0.4) is 0 Å². The molecule has 1 saturated heterocycles. The van der Waals surface area contributed by atoms with Gasteiger partial charge in [-0.1, -0.05) is 0 Å². The second-order valence-electron chi connectivity index (χ2n) is 9.48. The van der Waals surface area contributed by atoms with E-state index in [0.717, 1.165) is 48.4 Å². The standard InChI is InChI=1S/C25H31FN6O3/c1-16(2)31-14-17(4-5-23(31)33)13-30-15-18(11-28-30)24-20-6-8-35-9-7-22(20)32(29-24)19-10-21(26)25(34-3)27-12-19/h10-12,15-17H,4-9,13-14H2,1-3H3. The van der Waals surface area contributed by atoms with Crippen molar-refractivity contribution in [2.45, 2.75) is 52.1 Å². The van der Waals surface area contributed by atoms with Gasteiger partial charge < -0.3 is 14.4 Å². The van der Waals surface area contributed by atoms with Gasteiger partial charge in [-0.2, -0.15) is 10.2 Å². The van der Waals surface area contributed by atoms with Crippen molar-refractivity contribution in [1.82, 2.24) is 29.4 Å². The van der Waals surface area contributed by atoms with Gasteiger partial charge >= 0.3 is 0 Å². The minimum atomic E-state index is -0.533. The molecule has 9 nitrogen and oxygen atoms in total. The summed E-state index contributed by atoms with van der Waals surface area (Å²) in [6.45, 7) is 6.80. The molecule has 3 aromatic heterocycles. The Morgan fingerprint density at radius 3 is 2.83 bits per heavy atom. The number of aromatic nitrogens is 5. The van der Waals surface area contributed by atoms with Crippen LogP contribution in [0.15, 0.2) is 24.7 Å². The van der Waals surface area contributed by atoms with E-state index in [2.05, 4.69) is 23.9 Å². The Morgan fingerprint density at radius 1 is 1.23 bits per heavy atom. The van der Waals surface area contributed by atoms with Crippen molar-refractivity contribution in [2.24, 2.45) is 5.92 Å². The molecular formula is C25H31FN6O3. The highest BCUT2D eigenvalue weighted by Crippen LogP contribution is 2.31. The second kappa shape index (κ2) is 9.77. The average molecular weight is 483 g/mol. The first-order valence-corrected chi connectivity index (χ1v) is 12.1. The molecule has 0 spiro atoms. The van der Waals surface area contributed by atoms with E-state index in [1.807, 2.05) is 22.0 Å². The SMILES string of the molecule is COc1ncc(-n2nc(-c3cnn(CC4CCC(=O)N(C(C)C)C4)c3)c3c2CCOCC3)cc1F. The zero-order valence-corrected chi connectivity index (χ0v) is 20.4. The number of rotatable bonds is 6. The van der Waals surface area contributed by atoms with Crippen LogP contribution in [-0.2, 0) is 28.9 Å². The zero-order valence-electron chi connectivity index (χ0n) is 20.4. The first-order valence-electron chi connectivity index (χ1n) is 12.1. The lowest BCUT2D eigenvalue weighted by atomic mass is 9.96. The summed E-state index contributed by atoms with van der Waals surface area (Å²) in [6, 6.07) is 1.60. The highest BCUT2D eigenvalue weighted by molar-refractivity contribution is 5.77. The molecule has 5 rings (SSSR count). The number of amides is 1. The van der Waals surface area contributed by atoms with Gasteiger partial charge in [-0.15, -0.1) is 0 Å². The van der Waals surface area contributed by atoms with E-state index >= 15 is 0 Å². The first-order chi connectivity index (χ1) is 16.9. The summed E-state index contributed by atoms with van der Waals surface area (Å²) in [6.07, 6.45) is 8.26. The summed E-state index contributed by atoms with van der Waals surface area (Å²) < 4.78 is 28.8. The Kier molecular flexibility index (Phi) is 6.55. The number of ether oxygens (including phenoxy) is 2. The van der Waals surface area contributed by atoms with Gasteiger partial charge in [0, 0.05) is 55.4 Å². The van der Waals surface area contributed by atoms with Crippen LogP contribution >= 0.6 is 0 Å². The van der Waals surface area contributed by atoms with Gasteiger partial charge in [0.15, 0.2) is 5.82 Å². The summed E-state index contributed by atoms with van der Waals surface area (Å²) in [7, 11) is 1.39. The lowest BCUT2D eigenvalue weighted by Gasteiger charge is -2.35. The number of halogens is 1. The van der Waals surface area contributed by atoms with Crippen LogP contribution in [0.25, 0.3) is 16.9 Å². The predicted octanol–water partition coefficient (Wildman–Crippen LogP) is 3.04. The third-order valence-corrected chi connectivity index (χ3v) is 6.82. The van der Waals surface area contributed by atoms with Crippen LogP contribution in [0, 0.1) is 11.7 Å². The third-order valence-electron chi connectivity index (χ3n) is 6.82. The first kappa shape index (κ1) is 23.5. The Morgan fingerprint density at radius 2 is 2.06 bits per heavy atom. The Balaban J connectivity index is 1.44. The molecule has 1 amide bonds. The summed E-state index contributed by atoms with van der Waals surface area (Å²) in [5, 5.41) is 9.49. The van der Waals surface area contributed by atoms with Crippen LogP contribution in [0.2, 0.25) is 0 Å². The van der Waals surface area contributed by atoms with Crippen molar-refractivity contribution >= 4 is 5.91 Å². The summed E-state index contributed by atoms with van der Waals surface area (Å²) in [4.78, 5) is 18.3. The number of likely N-dealkylation sites (tertiary alicyclic amines) is 1. The molecule has 0 N–H and O–H groups in total. The summed E-state index contributed by atoms with van der Waals surface area (Å²) in [5.41, 5.74) is 4.37. The van der Waals surface area contributed by atoms with Gasteiger partial charge in [-0.25, -0.2) is 14.1 Å². The number of carbonyl (C=O) groups is 1. The van der Waals surface area contributed by atoms with Crippen LogP contribution in [0.4, 0.5) is 4.39 Å². The maximum Gasteiger partial charge on any atom is 0.250 e. The largest absolute Gasteiger partial charge is 0.479 e. The minimum absolute atomic E-state index is 0.0442. The maximum absolute atomic E-state index is 14.4. The van der Waals surface area contributed by atoms with Crippen LogP contribution in [-0.4, -0.2) is 68.3 Å². The average Bonchev–Trinajstić information content (AvgIpc) is 3.36. The molecule has 35 heavy (non-hydrogen) atoms. The third kappa shape index (κ3) is 4.67. The molecule has 1 unspecified atom stereocenters. The van der Waals surface area contributed by atoms with Gasteiger partial charge in [-0.3, -0.25) is 9.48 Å². The number of fused-ring (bicyclic) bond motifs is 1. The number of methoxy groups -OCH3 is 1. The van der Waals surface area contributed by atoms with Crippen molar-refractivity contribution < 1.29 is 18.7 Å². The second-order valence-corrected chi connectivity index (χ2v) is 9.48. The fourth-order valence-electron chi connectivity index (χ4n) is 5.02. The van der Waals surface area contributed by atoms with Gasteiger partial charge in [0.05, 0.1) is 49.8 Å². The molecule has 0 bridgehead atoms. The predicted molar refractivity (Wildman–Crippen MR) is 127 cm³/mol. The monoisotopic (exact) mass is 482 g/mol. The van der Waals surface area contributed by atoms with Crippen molar-refractivity contribution in [2.75, 3.05) is 26.9 Å². The molecule has 2 aliphatic rings. The highest BCUT2D eigenvalue weighted by atomic mass is 19.1. The minimum Gasteiger partial charge on any atom is -0.479 e. The normalized spacial score (nSPS) is 18.6. The van der Waals surface area contributed by atoms with Gasteiger partial charge in [0.1, 0.15) is 0 Å². The number of hydrogen-bond acceptors (Lipinski definition) is 6. The number of hydrogen-bond donors (Lipinski definition) is 0. The number of pyridine rings is 1. The summed E-state index contributed by atoms with van der Waals surface area (Å²) in [5.74, 6) is 0.0174. The molecule has 3 aromatic rings. The summed E-state index contributed by atoms with van der Waals surface area (Å²) >= 11 is 0. The van der Waals surface area contributed by atoms with E-state index in [1.54, 1.807) is 10.9 Å². The number of carbonyl (C=O) groups excluding carboxylic acids is 1. The number of piperidine rings is 1. The van der Waals surface area contributed by atoms with Gasteiger partial charge in [0.2, 0.25) is 11.8 Å². The van der Waals surface area contributed by atoms with Crippen molar-refractivity contribution in [3.8, 4) is 22.8 Å². The molecule has 1 fully saturated rings. The molecule has 0 radical (unpaired) electrons. The van der Waals surface area contributed by atoms with Crippen molar-refractivity contribution in [3.63, 3.8) is 0 Å². The van der Waals surface area contributed by atoms with Gasteiger partial charge in [0.25, 0.3) is 0 Å². The van der Waals surface area contributed by atoms with E-state index < -0.39 is 5.82 Å². The lowest BCUT2D eigenvalue weighted by Crippen LogP contribution is -2.45. The van der Waals surface area contributed by atoms with E-state index in [-0.39, 0.29) is 17.8 Å². The molecule has 5 heterocycles. The quantitative estimate of drug-likeness (QED) is 0.537. The smallest absolute Gasteiger partial charge is 0.250 e. The molecular weight excluding hydrogens is 451 g/mol. The Labute approximate surface area is 203 Å². The topological polar surface area (TPSA) is 87.3 Å². The fourth-order valence-corrected chi connectivity index (χ4v) is 5.02. The number of nitrogens with zero attached hydrogens (tertiary/aromatic N) is 6. The van der Waals surface area contributed by atoms with Crippen molar-refractivity contribution in [1.29, 1.82) is 0 Å². The molecule has 10 heteroatoms. The van der Waals surface area contributed by atoms with Gasteiger partial charge in [-0.05, 0) is 32.6 Å². The molecule has 0 aromatic carbocycles. The molecule has 186 valence electrons.